The number of carbonyl (C=O) groups is 2. The third-order valence-electron chi connectivity index (χ3n) is 2.14. The number of benzene rings is 1. The number of hydrogen-bond donors (Lipinski definition) is 2. The van der Waals surface area contributed by atoms with Gasteiger partial charge in [0.25, 0.3) is 5.91 Å². The van der Waals surface area contributed by atoms with E-state index in [1.54, 1.807) is 18.2 Å². The summed E-state index contributed by atoms with van der Waals surface area (Å²) in [7, 11) is 0. The molecular weight excluding hydrogens is 256 g/mol. The molecule has 0 bridgehead atoms. The zero-order valence-electron chi connectivity index (χ0n) is 11.8. The first-order chi connectivity index (χ1) is 9.52. The minimum absolute atomic E-state index is 0.0152. The van der Waals surface area contributed by atoms with Gasteiger partial charge < -0.3 is 15.4 Å². The van der Waals surface area contributed by atoms with Crippen LogP contribution in [0.2, 0.25) is 0 Å². The van der Waals surface area contributed by atoms with Gasteiger partial charge in [0.2, 0.25) is 0 Å². The lowest BCUT2D eigenvalue weighted by Gasteiger charge is -2.09. The molecule has 1 rings (SSSR count). The van der Waals surface area contributed by atoms with Crippen LogP contribution in [-0.4, -0.2) is 24.5 Å². The van der Waals surface area contributed by atoms with Gasteiger partial charge in [0.1, 0.15) is 5.75 Å². The fraction of sp³-hybridized carbons (Fsp3) is 0.333. The zero-order chi connectivity index (χ0) is 15.0. The van der Waals surface area contributed by atoms with Crippen LogP contribution in [0.25, 0.3) is 0 Å². The Kier molecular flexibility index (Phi) is 6.11. The molecule has 0 aliphatic carbocycles. The van der Waals surface area contributed by atoms with E-state index in [0.717, 1.165) is 0 Å². The van der Waals surface area contributed by atoms with Crippen LogP contribution in [0, 0.1) is 11.8 Å². The summed E-state index contributed by atoms with van der Waals surface area (Å²) in [5.41, 5.74) is 0.526. The predicted octanol–water partition coefficient (Wildman–Crippen LogP) is 1.55. The molecule has 20 heavy (non-hydrogen) atoms. The van der Waals surface area contributed by atoms with Gasteiger partial charge in [0.15, 0.2) is 0 Å². The van der Waals surface area contributed by atoms with Crippen molar-refractivity contribution in [2.75, 3.05) is 11.9 Å². The minimum atomic E-state index is -0.559. The van der Waals surface area contributed by atoms with Crippen molar-refractivity contribution in [3.05, 3.63) is 24.3 Å². The standard InChI is InChI=1S/C15H18N2O3/c1-4-20-13-8-6-5-7-12(13)17-15(19)10-9-14(18)16-11(2)3/h5-8,11H,4H2,1-3H3,(H,16,18)(H,17,19). The molecule has 0 saturated heterocycles. The van der Waals surface area contributed by atoms with Gasteiger partial charge in [-0.15, -0.1) is 0 Å². The topological polar surface area (TPSA) is 67.4 Å². The molecule has 0 aliphatic heterocycles. The second-order valence-electron chi connectivity index (χ2n) is 4.26. The Morgan fingerprint density at radius 2 is 1.85 bits per heavy atom. The lowest BCUT2D eigenvalue weighted by molar-refractivity contribution is -0.116. The van der Waals surface area contributed by atoms with Gasteiger partial charge >= 0.3 is 5.91 Å². The quantitative estimate of drug-likeness (QED) is 0.819. The van der Waals surface area contributed by atoms with Gasteiger partial charge in [-0.25, -0.2) is 0 Å². The van der Waals surface area contributed by atoms with E-state index in [9.17, 15) is 9.59 Å². The molecule has 2 N–H and O–H groups in total. The van der Waals surface area contributed by atoms with Crippen LogP contribution in [0.5, 0.6) is 5.75 Å². The Labute approximate surface area is 118 Å². The molecule has 1 aromatic rings. The lowest BCUT2D eigenvalue weighted by Crippen LogP contribution is -2.28. The van der Waals surface area contributed by atoms with E-state index < -0.39 is 11.8 Å². The first-order valence-corrected chi connectivity index (χ1v) is 6.38. The van der Waals surface area contributed by atoms with E-state index in [0.29, 0.717) is 18.0 Å². The molecule has 0 spiro atoms. The second kappa shape index (κ2) is 7.85. The predicted molar refractivity (Wildman–Crippen MR) is 77.3 cm³/mol. The maximum Gasteiger partial charge on any atom is 0.300 e. The highest BCUT2D eigenvalue weighted by molar-refractivity contribution is 6.09. The van der Waals surface area contributed by atoms with E-state index in [2.05, 4.69) is 22.5 Å². The third-order valence-corrected chi connectivity index (χ3v) is 2.14. The molecule has 5 nitrogen and oxygen atoms in total. The number of amides is 2. The molecule has 2 amide bonds. The van der Waals surface area contributed by atoms with Crippen molar-refractivity contribution in [3.63, 3.8) is 0 Å². The van der Waals surface area contributed by atoms with Crippen LogP contribution in [0.4, 0.5) is 5.69 Å². The maximum atomic E-state index is 11.6. The lowest BCUT2D eigenvalue weighted by atomic mass is 10.3. The molecule has 0 fully saturated rings. The summed E-state index contributed by atoms with van der Waals surface area (Å²) in [5.74, 6) is 4.00. The fourth-order valence-corrected chi connectivity index (χ4v) is 1.42. The molecular formula is C15H18N2O3. The Hall–Kier alpha value is -2.48. The first kappa shape index (κ1) is 15.6. The molecule has 1 aromatic carbocycles. The molecule has 0 radical (unpaired) electrons. The molecule has 0 atom stereocenters. The number of ether oxygens (including phenoxy) is 1. The Balaban J connectivity index is 2.67. The Morgan fingerprint density at radius 1 is 1.20 bits per heavy atom. The van der Waals surface area contributed by atoms with Crippen LogP contribution < -0.4 is 15.4 Å². The Bertz CT molecular complexity index is 542. The van der Waals surface area contributed by atoms with E-state index in [4.69, 9.17) is 4.74 Å². The minimum Gasteiger partial charge on any atom is -0.492 e. The van der Waals surface area contributed by atoms with E-state index in [1.807, 2.05) is 26.8 Å². The molecule has 5 heteroatoms. The molecule has 0 unspecified atom stereocenters. The normalized spacial score (nSPS) is 9.40. The highest BCUT2D eigenvalue weighted by atomic mass is 16.5. The maximum absolute atomic E-state index is 11.6. The van der Waals surface area contributed by atoms with Crippen molar-refractivity contribution in [1.82, 2.24) is 5.32 Å². The molecule has 0 aromatic heterocycles. The van der Waals surface area contributed by atoms with Gasteiger partial charge in [0.05, 0.1) is 12.3 Å². The van der Waals surface area contributed by atoms with Crippen molar-refractivity contribution in [2.24, 2.45) is 0 Å². The van der Waals surface area contributed by atoms with Crippen LogP contribution in [0.3, 0.4) is 0 Å². The van der Waals surface area contributed by atoms with Gasteiger partial charge in [-0.2, -0.15) is 0 Å². The summed E-state index contributed by atoms with van der Waals surface area (Å²) in [6, 6.07) is 7.02. The van der Waals surface area contributed by atoms with Crippen molar-refractivity contribution in [3.8, 4) is 17.6 Å². The molecule has 0 heterocycles. The number of nitrogens with one attached hydrogen (secondary N) is 2. The van der Waals surface area contributed by atoms with Gasteiger partial charge in [0, 0.05) is 17.9 Å². The average molecular weight is 274 g/mol. The van der Waals surface area contributed by atoms with Gasteiger partial charge in [-0.05, 0) is 32.9 Å². The van der Waals surface area contributed by atoms with E-state index in [1.165, 1.54) is 0 Å². The number of rotatable bonds is 4. The van der Waals surface area contributed by atoms with E-state index >= 15 is 0 Å². The molecule has 0 saturated carbocycles. The third kappa shape index (κ3) is 5.44. The number of carbonyl (C=O) groups excluding carboxylic acids is 2. The fourth-order valence-electron chi connectivity index (χ4n) is 1.42. The summed E-state index contributed by atoms with van der Waals surface area (Å²) in [5, 5.41) is 5.16. The zero-order valence-corrected chi connectivity index (χ0v) is 11.8. The SMILES string of the molecule is CCOc1ccccc1NC(=O)C#CC(=O)NC(C)C. The van der Waals surface area contributed by atoms with Crippen LogP contribution >= 0.6 is 0 Å². The average Bonchev–Trinajstić information content (AvgIpc) is 2.38. The summed E-state index contributed by atoms with van der Waals surface area (Å²) < 4.78 is 5.37. The summed E-state index contributed by atoms with van der Waals surface area (Å²) >= 11 is 0. The van der Waals surface area contributed by atoms with E-state index in [-0.39, 0.29) is 6.04 Å². The van der Waals surface area contributed by atoms with Crippen molar-refractivity contribution in [2.45, 2.75) is 26.8 Å². The smallest absolute Gasteiger partial charge is 0.300 e. The monoisotopic (exact) mass is 274 g/mol. The highest BCUT2D eigenvalue weighted by Crippen LogP contribution is 2.23. The highest BCUT2D eigenvalue weighted by Gasteiger charge is 2.05. The summed E-state index contributed by atoms with van der Waals surface area (Å²) in [6.45, 7) is 5.99. The number of para-hydroxylation sites is 2. The van der Waals surface area contributed by atoms with Crippen LogP contribution in [0.1, 0.15) is 20.8 Å². The van der Waals surface area contributed by atoms with Crippen molar-refractivity contribution < 1.29 is 14.3 Å². The second-order valence-corrected chi connectivity index (χ2v) is 4.26. The number of anilines is 1. The summed E-state index contributed by atoms with van der Waals surface area (Å²) in [4.78, 5) is 22.9. The Morgan fingerprint density at radius 3 is 2.50 bits per heavy atom. The first-order valence-electron chi connectivity index (χ1n) is 6.38. The van der Waals surface area contributed by atoms with Gasteiger partial charge in [-0.3, -0.25) is 9.59 Å². The summed E-state index contributed by atoms with van der Waals surface area (Å²) in [6.07, 6.45) is 0. The molecule has 106 valence electrons. The largest absolute Gasteiger partial charge is 0.492 e. The van der Waals surface area contributed by atoms with Gasteiger partial charge in [-0.1, -0.05) is 12.1 Å². The van der Waals surface area contributed by atoms with Crippen LogP contribution in [0.15, 0.2) is 24.3 Å². The van der Waals surface area contributed by atoms with Crippen LogP contribution in [-0.2, 0) is 9.59 Å². The van der Waals surface area contributed by atoms with Crippen molar-refractivity contribution >= 4 is 17.5 Å². The number of hydrogen-bond acceptors (Lipinski definition) is 3. The molecule has 0 aliphatic rings. The van der Waals surface area contributed by atoms with Crippen molar-refractivity contribution in [1.29, 1.82) is 0 Å².